The maximum atomic E-state index is 13.5. The van der Waals surface area contributed by atoms with Crippen molar-refractivity contribution >= 4 is 22.6 Å². The molecule has 32 heavy (non-hydrogen) atoms. The topological polar surface area (TPSA) is 72.4 Å². The molecular weight excluding hydrogens is 402 g/mol. The van der Waals surface area contributed by atoms with E-state index < -0.39 is 0 Å². The van der Waals surface area contributed by atoms with Gasteiger partial charge in [-0.3, -0.25) is 4.79 Å². The van der Waals surface area contributed by atoms with Crippen LogP contribution in [0.2, 0.25) is 0 Å². The molecule has 1 atom stereocenters. The van der Waals surface area contributed by atoms with Crippen LogP contribution >= 0.6 is 0 Å². The van der Waals surface area contributed by atoms with E-state index in [4.69, 9.17) is 18.8 Å². The van der Waals surface area contributed by atoms with Crippen LogP contribution in [0.3, 0.4) is 0 Å². The second-order valence-corrected chi connectivity index (χ2v) is 7.94. The molecule has 0 unspecified atom stereocenters. The number of fused-ring (bicyclic) bond motifs is 2. The number of amides is 1. The van der Waals surface area contributed by atoms with Gasteiger partial charge in [-0.2, -0.15) is 0 Å². The van der Waals surface area contributed by atoms with Crippen molar-refractivity contribution in [3.05, 3.63) is 90.4 Å². The lowest BCUT2D eigenvalue weighted by molar-refractivity contribution is 0.0981. The van der Waals surface area contributed by atoms with Gasteiger partial charge in [0.1, 0.15) is 11.4 Å². The third-order valence-electron chi connectivity index (χ3n) is 5.85. The van der Waals surface area contributed by atoms with Gasteiger partial charge in [-0.1, -0.05) is 18.2 Å². The van der Waals surface area contributed by atoms with Gasteiger partial charge in [-0.05, 0) is 67.4 Å². The van der Waals surface area contributed by atoms with Gasteiger partial charge in [-0.25, -0.2) is 9.97 Å². The van der Waals surface area contributed by atoms with E-state index in [-0.39, 0.29) is 11.9 Å². The van der Waals surface area contributed by atoms with Gasteiger partial charge in [0.2, 0.25) is 0 Å². The van der Waals surface area contributed by atoms with Crippen molar-refractivity contribution in [2.24, 2.45) is 0 Å². The monoisotopic (exact) mass is 421 g/mol. The molecule has 1 aliphatic rings. The number of hydrogen-bond donors (Lipinski definition) is 0. The molecule has 0 saturated heterocycles. The van der Waals surface area contributed by atoms with E-state index in [0.29, 0.717) is 39.5 Å². The van der Waals surface area contributed by atoms with Crippen LogP contribution in [0, 0.1) is 0 Å². The van der Waals surface area contributed by atoms with Crippen molar-refractivity contribution < 1.29 is 13.6 Å². The quantitative estimate of drug-likeness (QED) is 0.371. The van der Waals surface area contributed by atoms with Gasteiger partial charge in [0.25, 0.3) is 5.91 Å². The van der Waals surface area contributed by atoms with E-state index in [1.807, 2.05) is 53.4 Å². The number of anilines is 1. The van der Waals surface area contributed by atoms with E-state index in [1.54, 1.807) is 24.7 Å². The molecule has 1 aliphatic heterocycles. The fourth-order valence-electron chi connectivity index (χ4n) is 4.37. The minimum absolute atomic E-state index is 0.0409. The summed E-state index contributed by atoms with van der Waals surface area (Å²) >= 11 is 0. The molecule has 0 N–H and O–H groups in total. The molecule has 0 radical (unpaired) electrons. The Hall–Kier alpha value is -4.19. The predicted octanol–water partition coefficient (Wildman–Crippen LogP) is 5.74. The highest BCUT2D eigenvalue weighted by Gasteiger charge is 2.31. The van der Waals surface area contributed by atoms with E-state index in [9.17, 15) is 4.79 Å². The summed E-state index contributed by atoms with van der Waals surface area (Å²) in [5.41, 5.74) is 5.21. The number of hydrogen-bond acceptors (Lipinski definition) is 5. The van der Waals surface area contributed by atoms with Crippen LogP contribution in [-0.4, -0.2) is 21.9 Å². The van der Waals surface area contributed by atoms with E-state index >= 15 is 0 Å². The summed E-state index contributed by atoms with van der Waals surface area (Å²) in [6.45, 7) is 2.07. The molecule has 0 fully saturated rings. The Kier molecular flexibility index (Phi) is 4.18. The van der Waals surface area contributed by atoms with Crippen molar-refractivity contribution in [2.75, 3.05) is 4.90 Å². The Labute approximate surface area is 184 Å². The molecule has 2 aromatic carbocycles. The molecule has 156 valence electrons. The molecule has 6 nitrogen and oxygen atoms in total. The van der Waals surface area contributed by atoms with Crippen molar-refractivity contribution in [1.82, 2.24) is 9.97 Å². The summed E-state index contributed by atoms with van der Waals surface area (Å²) in [6.07, 6.45) is 4.05. The van der Waals surface area contributed by atoms with Crippen LogP contribution in [0.4, 0.5) is 5.69 Å². The first-order chi connectivity index (χ1) is 15.7. The third-order valence-corrected chi connectivity index (χ3v) is 5.85. The van der Waals surface area contributed by atoms with Gasteiger partial charge in [0, 0.05) is 17.3 Å². The first kappa shape index (κ1) is 18.6. The molecule has 0 bridgehead atoms. The van der Waals surface area contributed by atoms with Crippen molar-refractivity contribution in [2.45, 2.75) is 19.4 Å². The maximum absolute atomic E-state index is 13.5. The Bertz CT molecular complexity index is 1440. The molecule has 0 spiro atoms. The maximum Gasteiger partial charge on any atom is 0.258 e. The van der Waals surface area contributed by atoms with Crippen LogP contribution in [-0.2, 0) is 6.42 Å². The number of nitrogens with zero attached hydrogens (tertiary/aromatic N) is 3. The zero-order chi connectivity index (χ0) is 21.7. The summed E-state index contributed by atoms with van der Waals surface area (Å²) < 4.78 is 11.2. The van der Waals surface area contributed by atoms with E-state index in [0.717, 1.165) is 12.1 Å². The molecule has 1 amide bonds. The standard InChI is InChI=1S/C26H19N3O3/c1-16-14-17-6-2-3-7-21(17)29(16)26(30)18-10-11-19-20(15-18)28-25(23-9-5-13-32-23)24(27-19)22-8-4-12-31-22/h2-13,15-16H,14H2,1H3/t16-/m1/s1. The first-order valence-electron chi connectivity index (χ1n) is 10.5. The van der Waals surface area contributed by atoms with E-state index in [1.165, 1.54) is 5.56 Å². The van der Waals surface area contributed by atoms with Crippen LogP contribution in [0.15, 0.2) is 88.1 Å². The number of benzene rings is 2. The van der Waals surface area contributed by atoms with Crippen LogP contribution in [0.1, 0.15) is 22.8 Å². The van der Waals surface area contributed by atoms with E-state index in [2.05, 4.69) is 13.0 Å². The van der Waals surface area contributed by atoms with Crippen LogP contribution in [0.25, 0.3) is 33.9 Å². The number of rotatable bonds is 3. The zero-order valence-corrected chi connectivity index (χ0v) is 17.4. The number of aromatic nitrogens is 2. The summed E-state index contributed by atoms with van der Waals surface area (Å²) in [7, 11) is 0. The SMILES string of the molecule is C[C@@H]1Cc2ccccc2N1C(=O)c1ccc2nc(-c3ccco3)c(-c3ccco3)nc2c1. The van der Waals surface area contributed by atoms with Gasteiger partial charge < -0.3 is 13.7 Å². The van der Waals surface area contributed by atoms with Gasteiger partial charge in [-0.15, -0.1) is 0 Å². The summed E-state index contributed by atoms with van der Waals surface area (Å²) in [5.74, 6) is 1.15. The first-order valence-corrected chi connectivity index (χ1v) is 10.5. The second-order valence-electron chi connectivity index (χ2n) is 7.94. The van der Waals surface area contributed by atoms with Crippen LogP contribution in [0.5, 0.6) is 0 Å². The van der Waals surface area contributed by atoms with Crippen molar-refractivity contribution in [3.63, 3.8) is 0 Å². The molecule has 6 rings (SSSR count). The number of para-hydroxylation sites is 1. The smallest absolute Gasteiger partial charge is 0.258 e. The Balaban J connectivity index is 1.47. The molecule has 5 aromatic rings. The largest absolute Gasteiger partial charge is 0.463 e. The van der Waals surface area contributed by atoms with Crippen molar-refractivity contribution in [3.8, 4) is 22.9 Å². The lowest BCUT2D eigenvalue weighted by atomic mass is 10.1. The normalized spacial score (nSPS) is 15.3. The molecule has 3 aromatic heterocycles. The predicted molar refractivity (Wildman–Crippen MR) is 121 cm³/mol. The zero-order valence-electron chi connectivity index (χ0n) is 17.4. The third kappa shape index (κ3) is 2.92. The Morgan fingerprint density at radius 3 is 2.25 bits per heavy atom. The lowest BCUT2D eigenvalue weighted by Gasteiger charge is -2.23. The summed E-state index contributed by atoms with van der Waals surface area (Å²) in [6, 6.07) is 20.9. The molecule has 4 heterocycles. The Morgan fingerprint density at radius 1 is 0.875 bits per heavy atom. The van der Waals surface area contributed by atoms with Gasteiger partial charge >= 0.3 is 0 Å². The fraction of sp³-hybridized carbons (Fsp3) is 0.115. The molecule has 0 saturated carbocycles. The number of carbonyl (C=O) groups excluding carboxylic acids is 1. The number of carbonyl (C=O) groups is 1. The van der Waals surface area contributed by atoms with Gasteiger partial charge in [0.15, 0.2) is 11.5 Å². The minimum Gasteiger partial charge on any atom is -0.463 e. The lowest BCUT2D eigenvalue weighted by Crippen LogP contribution is -2.35. The minimum atomic E-state index is -0.0409. The van der Waals surface area contributed by atoms with Gasteiger partial charge in [0.05, 0.1) is 23.6 Å². The summed E-state index contributed by atoms with van der Waals surface area (Å²) in [4.78, 5) is 24.9. The molecular formula is C26H19N3O3. The Morgan fingerprint density at radius 2 is 1.56 bits per heavy atom. The number of furan rings is 2. The van der Waals surface area contributed by atoms with Crippen LogP contribution < -0.4 is 4.90 Å². The summed E-state index contributed by atoms with van der Waals surface area (Å²) in [5, 5.41) is 0. The average Bonchev–Trinajstić information content (AvgIpc) is 3.58. The highest BCUT2D eigenvalue weighted by molar-refractivity contribution is 6.09. The molecule has 6 heteroatoms. The second kappa shape index (κ2) is 7.20. The highest BCUT2D eigenvalue weighted by Crippen LogP contribution is 2.34. The fourth-order valence-corrected chi connectivity index (χ4v) is 4.37. The highest BCUT2D eigenvalue weighted by atomic mass is 16.3. The van der Waals surface area contributed by atoms with Crippen molar-refractivity contribution in [1.29, 1.82) is 0 Å². The molecule has 0 aliphatic carbocycles. The average molecular weight is 421 g/mol.